The summed E-state index contributed by atoms with van der Waals surface area (Å²) >= 11 is 1.65. The molecule has 4 rings (SSSR count). The van der Waals surface area contributed by atoms with E-state index >= 15 is 0 Å². The molecule has 2 saturated carbocycles. The number of thiophene rings is 1. The summed E-state index contributed by atoms with van der Waals surface area (Å²) in [7, 11) is 0. The SMILES string of the molecule is O=C(NCCn1nc(C2CC2)cc1C1CC1)NCc1cccs1. The first-order valence-corrected chi connectivity index (χ1v) is 9.29. The van der Waals surface area contributed by atoms with E-state index in [-0.39, 0.29) is 6.03 Å². The second-order valence-corrected chi connectivity index (χ2v) is 7.49. The van der Waals surface area contributed by atoms with E-state index in [0.717, 1.165) is 11.4 Å². The molecule has 0 aromatic carbocycles. The third-order valence-electron chi connectivity index (χ3n) is 4.43. The van der Waals surface area contributed by atoms with Crippen molar-refractivity contribution in [1.29, 1.82) is 0 Å². The summed E-state index contributed by atoms with van der Waals surface area (Å²) in [6.45, 7) is 1.96. The fraction of sp³-hybridized carbons (Fsp3) is 0.529. The van der Waals surface area contributed by atoms with Gasteiger partial charge >= 0.3 is 6.03 Å². The van der Waals surface area contributed by atoms with Crippen molar-refractivity contribution in [1.82, 2.24) is 20.4 Å². The second kappa shape index (κ2) is 6.35. The van der Waals surface area contributed by atoms with Gasteiger partial charge in [0.25, 0.3) is 0 Å². The van der Waals surface area contributed by atoms with Crippen LogP contribution in [0.1, 0.15) is 53.8 Å². The van der Waals surface area contributed by atoms with E-state index < -0.39 is 0 Å². The molecule has 0 radical (unpaired) electrons. The Morgan fingerprint density at radius 1 is 1.26 bits per heavy atom. The molecule has 2 aromatic rings. The molecule has 0 saturated heterocycles. The van der Waals surface area contributed by atoms with Gasteiger partial charge in [0, 0.05) is 29.0 Å². The maximum Gasteiger partial charge on any atom is 0.315 e. The fourth-order valence-corrected chi connectivity index (χ4v) is 3.48. The van der Waals surface area contributed by atoms with E-state index in [9.17, 15) is 4.79 Å². The Balaban J connectivity index is 1.26. The predicted molar refractivity (Wildman–Crippen MR) is 90.7 cm³/mol. The van der Waals surface area contributed by atoms with E-state index in [1.165, 1.54) is 37.1 Å². The van der Waals surface area contributed by atoms with Crippen LogP contribution in [0, 0.1) is 0 Å². The molecule has 5 nitrogen and oxygen atoms in total. The van der Waals surface area contributed by atoms with Crippen LogP contribution in [0.3, 0.4) is 0 Å². The van der Waals surface area contributed by atoms with Gasteiger partial charge in [-0.2, -0.15) is 5.10 Å². The number of urea groups is 1. The van der Waals surface area contributed by atoms with Crippen molar-refractivity contribution in [3.05, 3.63) is 39.8 Å². The molecule has 2 heterocycles. The van der Waals surface area contributed by atoms with Gasteiger partial charge < -0.3 is 10.6 Å². The highest BCUT2D eigenvalue weighted by Crippen LogP contribution is 2.44. The highest BCUT2D eigenvalue weighted by molar-refractivity contribution is 7.09. The molecule has 0 spiro atoms. The second-order valence-electron chi connectivity index (χ2n) is 6.45. The lowest BCUT2D eigenvalue weighted by molar-refractivity contribution is 0.240. The fourth-order valence-electron chi connectivity index (χ4n) is 2.84. The number of amides is 2. The van der Waals surface area contributed by atoms with Gasteiger partial charge in [-0.25, -0.2) is 4.79 Å². The van der Waals surface area contributed by atoms with Crippen LogP contribution in [0.25, 0.3) is 0 Å². The Hall–Kier alpha value is -1.82. The summed E-state index contributed by atoms with van der Waals surface area (Å²) in [5, 5.41) is 12.6. The number of carbonyl (C=O) groups is 1. The summed E-state index contributed by atoms with van der Waals surface area (Å²) in [4.78, 5) is 13.0. The molecule has 2 fully saturated rings. The number of aromatic nitrogens is 2. The van der Waals surface area contributed by atoms with Gasteiger partial charge in [-0.3, -0.25) is 4.68 Å². The molecule has 6 heteroatoms. The maximum atomic E-state index is 11.8. The van der Waals surface area contributed by atoms with Crippen molar-refractivity contribution in [2.75, 3.05) is 6.54 Å². The molecule has 2 amide bonds. The summed E-state index contributed by atoms with van der Waals surface area (Å²) in [5.74, 6) is 1.39. The van der Waals surface area contributed by atoms with Crippen LogP contribution in [0.4, 0.5) is 4.79 Å². The van der Waals surface area contributed by atoms with Gasteiger partial charge in [-0.15, -0.1) is 11.3 Å². The van der Waals surface area contributed by atoms with E-state index in [2.05, 4.69) is 21.4 Å². The van der Waals surface area contributed by atoms with Crippen LogP contribution < -0.4 is 10.6 Å². The molecule has 0 bridgehead atoms. The molecule has 2 aromatic heterocycles. The van der Waals surface area contributed by atoms with E-state index in [4.69, 9.17) is 5.10 Å². The van der Waals surface area contributed by atoms with Crippen LogP contribution in [-0.2, 0) is 13.1 Å². The van der Waals surface area contributed by atoms with Crippen molar-refractivity contribution in [3.8, 4) is 0 Å². The minimum Gasteiger partial charge on any atom is -0.336 e. The van der Waals surface area contributed by atoms with E-state index in [0.29, 0.717) is 24.9 Å². The van der Waals surface area contributed by atoms with Crippen LogP contribution >= 0.6 is 11.3 Å². The zero-order valence-electron chi connectivity index (χ0n) is 13.1. The highest BCUT2D eigenvalue weighted by Gasteiger charge is 2.32. The first-order chi connectivity index (χ1) is 11.3. The third kappa shape index (κ3) is 3.75. The summed E-state index contributed by atoms with van der Waals surface area (Å²) in [6, 6.07) is 6.21. The monoisotopic (exact) mass is 330 g/mol. The molecule has 2 aliphatic carbocycles. The van der Waals surface area contributed by atoms with Gasteiger partial charge in [0.05, 0.1) is 18.8 Å². The zero-order valence-corrected chi connectivity index (χ0v) is 13.9. The Kier molecular flexibility index (Phi) is 4.08. The minimum absolute atomic E-state index is 0.110. The molecular formula is C17H22N4OS. The van der Waals surface area contributed by atoms with Gasteiger partial charge in [-0.1, -0.05) is 6.07 Å². The van der Waals surface area contributed by atoms with Gasteiger partial charge in [0.2, 0.25) is 0 Å². The smallest absolute Gasteiger partial charge is 0.315 e. The number of carbonyl (C=O) groups excluding carboxylic acids is 1. The van der Waals surface area contributed by atoms with Crippen molar-refractivity contribution in [2.45, 2.75) is 50.6 Å². The zero-order chi connectivity index (χ0) is 15.6. The molecule has 2 aliphatic rings. The number of hydrogen-bond acceptors (Lipinski definition) is 3. The largest absolute Gasteiger partial charge is 0.336 e. The number of nitrogens with zero attached hydrogens (tertiary/aromatic N) is 2. The van der Waals surface area contributed by atoms with Crippen molar-refractivity contribution in [2.24, 2.45) is 0 Å². The quantitative estimate of drug-likeness (QED) is 0.819. The Morgan fingerprint density at radius 2 is 2.09 bits per heavy atom. The van der Waals surface area contributed by atoms with Crippen LogP contribution in [0.15, 0.2) is 23.6 Å². The van der Waals surface area contributed by atoms with Crippen LogP contribution in [-0.4, -0.2) is 22.4 Å². The van der Waals surface area contributed by atoms with Crippen molar-refractivity contribution >= 4 is 17.4 Å². The molecule has 2 N–H and O–H groups in total. The summed E-state index contributed by atoms with van der Waals surface area (Å²) < 4.78 is 2.12. The van der Waals surface area contributed by atoms with Crippen molar-refractivity contribution < 1.29 is 4.79 Å². The molecule has 122 valence electrons. The van der Waals surface area contributed by atoms with Crippen LogP contribution in [0.5, 0.6) is 0 Å². The Bertz CT molecular complexity index is 671. The average molecular weight is 330 g/mol. The lowest BCUT2D eigenvalue weighted by Crippen LogP contribution is -2.36. The summed E-state index contributed by atoms with van der Waals surface area (Å²) in [6.07, 6.45) is 5.13. The van der Waals surface area contributed by atoms with Gasteiger partial charge in [-0.05, 0) is 43.2 Å². The molecule has 0 unspecified atom stereocenters. The number of nitrogens with one attached hydrogen (secondary N) is 2. The normalized spacial score (nSPS) is 17.2. The first kappa shape index (κ1) is 14.8. The Morgan fingerprint density at radius 3 is 2.78 bits per heavy atom. The molecule has 0 atom stereocenters. The lowest BCUT2D eigenvalue weighted by Gasteiger charge is -2.09. The van der Waals surface area contributed by atoms with Crippen LogP contribution in [0.2, 0.25) is 0 Å². The maximum absolute atomic E-state index is 11.8. The topological polar surface area (TPSA) is 59.0 Å². The van der Waals surface area contributed by atoms with E-state index in [1.54, 1.807) is 11.3 Å². The molecular weight excluding hydrogens is 308 g/mol. The number of hydrogen-bond donors (Lipinski definition) is 2. The average Bonchev–Trinajstić information content (AvgIpc) is 3.48. The third-order valence-corrected chi connectivity index (χ3v) is 5.31. The van der Waals surface area contributed by atoms with Gasteiger partial charge in [0.15, 0.2) is 0 Å². The predicted octanol–water partition coefficient (Wildman–Crippen LogP) is 3.20. The highest BCUT2D eigenvalue weighted by atomic mass is 32.1. The Labute approximate surface area is 140 Å². The first-order valence-electron chi connectivity index (χ1n) is 8.41. The molecule has 23 heavy (non-hydrogen) atoms. The lowest BCUT2D eigenvalue weighted by atomic mass is 10.2. The summed E-state index contributed by atoms with van der Waals surface area (Å²) in [5.41, 5.74) is 2.63. The molecule has 0 aliphatic heterocycles. The van der Waals surface area contributed by atoms with Gasteiger partial charge in [0.1, 0.15) is 0 Å². The van der Waals surface area contributed by atoms with E-state index in [1.807, 2.05) is 17.5 Å². The minimum atomic E-state index is -0.110. The van der Waals surface area contributed by atoms with Crippen molar-refractivity contribution in [3.63, 3.8) is 0 Å². The number of rotatable bonds is 7. The standard InChI is InChI=1S/C17H22N4OS/c22-17(19-11-14-2-1-9-23-14)18-7-8-21-16(13-5-6-13)10-15(20-21)12-3-4-12/h1-2,9-10,12-13H,3-8,11H2,(H2,18,19,22).